The molecule has 0 atom stereocenters. The van der Waals surface area contributed by atoms with Crippen molar-refractivity contribution in [2.24, 2.45) is 0 Å². The van der Waals surface area contributed by atoms with Gasteiger partial charge in [0.05, 0.1) is 10.0 Å². The summed E-state index contributed by atoms with van der Waals surface area (Å²) < 4.78 is 0. The number of carbonyl (C=O) groups excluding carboxylic acids is 1. The number of hydrogen-bond acceptors (Lipinski definition) is 2. The van der Waals surface area contributed by atoms with Gasteiger partial charge in [0.2, 0.25) is 5.91 Å². The molecule has 0 aliphatic rings. The van der Waals surface area contributed by atoms with Crippen LogP contribution in [-0.4, -0.2) is 18.2 Å². The van der Waals surface area contributed by atoms with Gasteiger partial charge in [-0.05, 0) is 35.7 Å². The van der Waals surface area contributed by atoms with Crippen LogP contribution in [0.4, 0.5) is 0 Å². The predicted molar refractivity (Wildman–Crippen MR) is 105 cm³/mol. The molecule has 0 unspecified atom stereocenters. The van der Waals surface area contributed by atoms with Crippen LogP contribution in [-0.2, 0) is 17.0 Å². The summed E-state index contributed by atoms with van der Waals surface area (Å²) in [6.07, 6.45) is 1.09. The SMILES string of the molecule is O=C(CCc1ccc(Cl)c(Cl)c1)NCCSCc1ccccc1Cl. The highest BCUT2D eigenvalue weighted by Crippen LogP contribution is 2.23. The van der Waals surface area contributed by atoms with Gasteiger partial charge in [-0.15, -0.1) is 0 Å². The molecule has 2 nitrogen and oxygen atoms in total. The van der Waals surface area contributed by atoms with Crippen LogP contribution in [0.25, 0.3) is 0 Å². The van der Waals surface area contributed by atoms with Crippen molar-refractivity contribution in [1.29, 1.82) is 0 Å². The topological polar surface area (TPSA) is 29.1 Å². The molecule has 0 saturated carbocycles. The number of benzene rings is 2. The second-order valence-corrected chi connectivity index (χ2v) is 7.57. The molecule has 2 aromatic rings. The number of rotatable bonds is 8. The van der Waals surface area contributed by atoms with Crippen molar-refractivity contribution in [3.8, 4) is 0 Å². The highest BCUT2D eigenvalue weighted by molar-refractivity contribution is 7.98. The quantitative estimate of drug-likeness (QED) is 0.580. The van der Waals surface area contributed by atoms with Crippen LogP contribution in [0.1, 0.15) is 17.5 Å². The van der Waals surface area contributed by atoms with E-state index in [-0.39, 0.29) is 5.91 Å². The molecule has 0 bridgehead atoms. The molecule has 128 valence electrons. The highest BCUT2D eigenvalue weighted by atomic mass is 35.5. The Labute approximate surface area is 161 Å². The number of nitrogens with one attached hydrogen (secondary N) is 1. The van der Waals surface area contributed by atoms with Gasteiger partial charge in [-0.2, -0.15) is 11.8 Å². The molecular formula is C18H18Cl3NOS. The number of halogens is 3. The lowest BCUT2D eigenvalue weighted by Gasteiger charge is -2.07. The Kier molecular flexibility index (Phi) is 8.26. The number of thioether (sulfide) groups is 1. The van der Waals surface area contributed by atoms with Gasteiger partial charge < -0.3 is 5.32 Å². The van der Waals surface area contributed by atoms with Gasteiger partial charge >= 0.3 is 0 Å². The van der Waals surface area contributed by atoms with Crippen molar-refractivity contribution in [1.82, 2.24) is 5.32 Å². The minimum Gasteiger partial charge on any atom is -0.355 e. The number of carbonyl (C=O) groups is 1. The van der Waals surface area contributed by atoms with Crippen LogP contribution in [0.15, 0.2) is 42.5 Å². The Morgan fingerprint density at radius 2 is 1.79 bits per heavy atom. The van der Waals surface area contributed by atoms with Gasteiger partial charge in [0.15, 0.2) is 0 Å². The Bertz CT molecular complexity index is 694. The van der Waals surface area contributed by atoms with Gasteiger partial charge in [0.1, 0.15) is 0 Å². The van der Waals surface area contributed by atoms with Gasteiger partial charge in [-0.25, -0.2) is 0 Å². The zero-order chi connectivity index (χ0) is 17.4. The normalized spacial score (nSPS) is 10.6. The second kappa shape index (κ2) is 10.2. The van der Waals surface area contributed by atoms with E-state index in [0.717, 1.165) is 27.7 Å². The monoisotopic (exact) mass is 401 g/mol. The standard InChI is InChI=1S/C18H18Cl3NOS/c19-15-4-2-1-3-14(15)12-24-10-9-22-18(23)8-6-13-5-7-16(20)17(21)11-13/h1-5,7,11H,6,8-10,12H2,(H,22,23). The van der Waals surface area contributed by atoms with E-state index < -0.39 is 0 Å². The Morgan fingerprint density at radius 1 is 1.00 bits per heavy atom. The van der Waals surface area contributed by atoms with Crippen LogP contribution in [0.2, 0.25) is 15.1 Å². The fraction of sp³-hybridized carbons (Fsp3) is 0.278. The van der Waals surface area contributed by atoms with Crippen molar-refractivity contribution in [3.63, 3.8) is 0 Å². The highest BCUT2D eigenvalue weighted by Gasteiger charge is 2.04. The van der Waals surface area contributed by atoms with Gasteiger partial charge in [0.25, 0.3) is 0 Å². The average Bonchev–Trinajstić information content (AvgIpc) is 2.57. The third kappa shape index (κ3) is 6.56. The Hall–Kier alpha value is -0.870. The van der Waals surface area contributed by atoms with E-state index in [1.54, 1.807) is 23.9 Å². The third-order valence-electron chi connectivity index (χ3n) is 3.41. The van der Waals surface area contributed by atoms with Crippen molar-refractivity contribution in [3.05, 3.63) is 68.7 Å². The summed E-state index contributed by atoms with van der Waals surface area (Å²) in [5.41, 5.74) is 2.13. The molecule has 1 amide bonds. The maximum absolute atomic E-state index is 11.9. The summed E-state index contributed by atoms with van der Waals surface area (Å²) in [5, 5.41) is 4.76. The van der Waals surface area contributed by atoms with Crippen molar-refractivity contribution >= 4 is 52.5 Å². The van der Waals surface area contributed by atoms with Crippen LogP contribution < -0.4 is 5.32 Å². The summed E-state index contributed by atoms with van der Waals surface area (Å²) in [6.45, 7) is 0.648. The van der Waals surface area contributed by atoms with E-state index in [2.05, 4.69) is 5.32 Å². The molecular weight excluding hydrogens is 385 g/mol. The molecule has 0 spiro atoms. The molecule has 6 heteroatoms. The lowest BCUT2D eigenvalue weighted by atomic mass is 10.1. The van der Waals surface area contributed by atoms with Crippen LogP contribution in [0.3, 0.4) is 0 Å². The number of aryl methyl sites for hydroxylation is 1. The van der Waals surface area contributed by atoms with E-state index in [1.165, 1.54) is 0 Å². The average molecular weight is 403 g/mol. The van der Waals surface area contributed by atoms with Crippen molar-refractivity contribution < 1.29 is 4.79 Å². The molecule has 0 heterocycles. The lowest BCUT2D eigenvalue weighted by molar-refractivity contribution is -0.120. The molecule has 0 fully saturated rings. The molecule has 0 aliphatic carbocycles. The first-order valence-electron chi connectivity index (χ1n) is 7.58. The predicted octanol–water partition coefficient (Wildman–Crippen LogP) is 5.63. The second-order valence-electron chi connectivity index (χ2n) is 5.24. The molecule has 1 N–H and O–H groups in total. The maximum Gasteiger partial charge on any atom is 0.220 e. The fourth-order valence-corrected chi connectivity index (χ4v) is 3.57. The third-order valence-corrected chi connectivity index (χ3v) is 5.52. The summed E-state index contributed by atoms with van der Waals surface area (Å²) in [7, 11) is 0. The Balaban J connectivity index is 1.61. The first kappa shape index (κ1) is 19.5. The van der Waals surface area contributed by atoms with E-state index in [4.69, 9.17) is 34.8 Å². The minimum absolute atomic E-state index is 0.0411. The summed E-state index contributed by atoms with van der Waals surface area (Å²) in [5.74, 6) is 1.74. The van der Waals surface area contributed by atoms with Crippen LogP contribution in [0, 0.1) is 0 Å². The van der Waals surface area contributed by atoms with E-state index in [1.807, 2.05) is 30.3 Å². The molecule has 0 aromatic heterocycles. The molecule has 0 radical (unpaired) electrons. The molecule has 0 aliphatic heterocycles. The molecule has 2 rings (SSSR count). The zero-order valence-corrected chi connectivity index (χ0v) is 16.1. The number of amides is 1. The minimum atomic E-state index is 0.0411. The van der Waals surface area contributed by atoms with E-state index in [0.29, 0.717) is 29.4 Å². The largest absolute Gasteiger partial charge is 0.355 e. The van der Waals surface area contributed by atoms with Crippen molar-refractivity contribution in [2.45, 2.75) is 18.6 Å². The smallest absolute Gasteiger partial charge is 0.220 e. The fourth-order valence-electron chi connectivity index (χ4n) is 2.10. The van der Waals surface area contributed by atoms with Gasteiger partial charge in [0, 0.05) is 29.5 Å². The van der Waals surface area contributed by atoms with Crippen LogP contribution in [0.5, 0.6) is 0 Å². The first-order valence-corrected chi connectivity index (χ1v) is 9.87. The van der Waals surface area contributed by atoms with Gasteiger partial charge in [-0.1, -0.05) is 59.1 Å². The summed E-state index contributed by atoms with van der Waals surface area (Å²) in [6, 6.07) is 13.3. The molecule has 0 saturated heterocycles. The maximum atomic E-state index is 11.9. The molecule has 24 heavy (non-hydrogen) atoms. The zero-order valence-electron chi connectivity index (χ0n) is 13.0. The number of hydrogen-bond donors (Lipinski definition) is 1. The first-order chi connectivity index (χ1) is 11.6. The lowest BCUT2D eigenvalue weighted by Crippen LogP contribution is -2.25. The van der Waals surface area contributed by atoms with E-state index >= 15 is 0 Å². The summed E-state index contributed by atoms with van der Waals surface area (Å²) in [4.78, 5) is 11.9. The Morgan fingerprint density at radius 3 is 2.54 bits per heavy atom. The van der Waals surface area contributed by atoms with Crippen LogP contribution >= 0.6 is 46.6 Å². The summed E-state index contributed by atoms with van der Waals surface area (Å²) >= 11 is 19.7. The van der Waals surface area contributed by atoms with E-state index in [9.17, 15) is 4.79 Å². The van der Waals surface area contributed by atoms with Gasteiger partial charge in [-0.3, -0.25) is 4.79 Å². The van der Waals surface area contributed by atoms with Crippen molar-refractivity contribution in [2.75, 3.05) is 12.3 Å². The molecule has 2 aromatic carbocycles.